The van der Waals surface area contributed by atoms with E-state index in [1.54, 1.807) is 0 Å². The van der Waals surface area contributed by atoms with E-state index in [4.69, 9.17) is 9.47 Å². The predicted octanol–water partition coefficient (Wildman–Crippen LogP) is 3.60. The van der Waals surface area contributed by atoms with E-state index in [-0.39, 0.29) is 11.8 Å². The molecule has 1 aliphatic rings. The van der Waals surface area contributed by atoms with Crippen LogP contribution < -0.4 is 10.1 Å². The van der Waals surface area contributed by atoms with Gasteiger partial charge in [-0.25, -0.2) is 0 Å². The van der Waals surface area contributed by atoms with Crippen molar-refractivity contribution in [2.24, 2.45) is 5.92 Å². The normalized spacial score (nSPS) is 18.0. The summed E-state index contributed by atoms with van der Waals surface area (Å²) < 4.78 is 11.7. The average molecular weight is 342 g/mol. The highest BCUT2D eigenvalue weighted by Gasteiger charge is 2.24. The third kappa shape index (κ3) is 4.21. The van der Waals surface area contributed by atoms with Gasteiger partial charge >= 0.3 is 0 Å². The first kappa shape index (κ1) is 15.3. The first-order valence-corrected chi connectivity index (χ1v) is 7.81. The zero-order valence-corrected chi connectivity index (χ0v) is 13.2. The number of halogens is 1. The molecule has 1 unspecified atom stereocenters. The summed E-state index contributed by atoms with van der Waals surface area (Å²) in [5.41, 5.74) is 0.746. The monoisotopic (exact) mass is 341 g/mol. The number of amides is 1. The van der Waals surface area contributed by atoms with E-state index in [1.807, 2.05) is 18.2 Å². The van der Waals surface area contributed by atoms with Crippen molar-refractivity contribution >= 4 is 27.5 Å². The Labute approximate surface area is 128 Å². The maximum atomic E-state index is 12.1. The van der Waals surface area contributed by atoms with Gasteiger partial charge in [0, 0.05) is 17.1 Å². The van der Waals surface area contributed by atoms with Gasteiger partial charge < -0.3 is 14.8 Å². The minimum Gasteiger partial charge on any atom is -0.494 e. The van der Waals surface area contributed by atoms with E-state index in [0.29, 0.717) is 19.8 Å². The van der Waals surface area contributed by atoms with Gasteiger partial charge in [-0.3, -0.25) is 4.79 Å². The average Bonchev–Trinajstić information content (AvgIpc) is 2.97. The highest BCUT2D eigenvalue weighted by Crippen LogP contribution is 2.28. The SMILES string of the molecule is CCCCOc1ccc(Br)c(NC(=O)C2CCOC2)c1. The van der Waals surface area contributed by atoms with Crippen LogP contribution in [0.2, 0.25) is 0 Å². The van der Waals surface area contributed by atoms with Crippen LogP contribution in [0.25, 0.3) is 0 Å². The second kappa shape index (κ2) is 7.64. The van der Waals surface area contributed by atoms with Crippen LogP contribution in [0.3, 0.4) is 0 Å². The molecule has 4 nitrogen and oxygen atoms in total. The molecule has 1 N–H and O–H groups in total. The lowest BCUT2D eigenvalue weighted by molar-refractivity contribution is -0.119. The third-order valence-electron chi connectivity index (χ3n) is 3.26. The van der Waals surface area contributed by atoms with Crippen LogP contribution in [0.15, 0.2) is 22.7 Å². The molecule has 1 heterocycles. The van der Waals surface area contributed by atoms with Crippen molar-refractivity contribution in [3.63, 3.8) is 0 Å². The van der Waals surface area contributed by atoms with Gasteiger partial charge in [0.1, 0.15) is 5.75 Å². The number of anilines is 1. The highest BCUT2D eigenvalue weighted by atomic mass is 79.9. The Morgan fingerprint density at radius 1 is 1.55 bits per heavy atom. The summed E-state index contributed by atoms with van der Waals surface area (Å²) in [7, 11) is 0. The molecule has 0 saturated carbocycles. The molecule has 1 amide bonds. The van der Waals surface area contributed by atoms with Gasteiger partial charge in [0.2, 0.25) is 5.91 Å². The minimum atomic E-state index is -0.0495. The zero-order valence-electron chi connectivity index (χ0n) is 11.7. The Kier molecular flexibility index (Phi) is 5.86. The molecule has 1 aromatic rings. The Morgan fingerprint density at radius 3 is 3.10 bits per heavy atom. The number of benzene rings is 1. The van der Waals surface area contributed by atoms with Crippen LogP contribution in [-0.4, -0.2) is 25.7 Å². The quantitative estimate of drug-likeness (QED) is 0.804. The number of ether oxygens (including phenoxy) is 2. The topological polar surface area (TPSA) is 47.6 Å². The summed E-state index contributed by atoms with van der Waals surface area (Å²) >= 11 is 3.45. The van der Waals surface area contributed by atoms with Crippen LogP contribution in [-0.2, 0) is 9.53 Å². The van der Waals surface area contributed by atoms with Gasteiger partial charge in [-0.2, -0.15) is 0 Å². The maximum absolute atomic E-state index is 12.1. The third-order valence-corrected chi connectivity index (χ3v) is 3.95. The lowest BCUT2D eigenvalue weighted by Crippen LogP contribution is -2.23. The van der Waals surface area contributed by atoms with Gasteiger partial charge in [0.25, 0.3) is 0 Å². The molecule has 5 heteroatoms. The molecule has 1 aliphatic heterocycles. The molecule has 1 fully saturated rings. The van der Waals surface area contributed by atoms with Crippen LogP contribution in [0, 0.1) is 5.92 Å². The van der Waals surface area contributed by atoms with Crippen LogP contribution >= 0.6 is 15.9 Å². The molecule has 1 aromatic carbocycles. The molecule has 110 valence electrons. The van der Waals surface area contributed by atoms with Crippen LogP contribution in [0.4, 0.5) is 5.69 Å². The number of unbranched alkanes of at least 4 members (excludes halogenated alkanes) is 1. The van der Waals surface area contributed by atoms with E-state index >= 15 is 0 Å². The van der Waals surface area contributed by atoms with Crippen molar-refractivity contribution in [2.45, 2.75) is 26.2 Å². The van der Waals surface area contributed by atoms with E-state index in [9.17, 15) is 4.79 Å². The highest BCUT2D eigenvalue weighted by molar-refractivity contribution is 9.10. The van der Waals surface area contributed by atoms with Crippen molar-refractivity contribution < 1.29 is 14.3 Å². The number of hydrogen-bond acceptors (Lipinski definition) is 3. The molecule has 0 aromatic heterocycles. The Hall–Kier alpha value is -1.07. The van der Waals surface area contributed by atoms with Crippen molar-refractivity contribution in [3.05, 3.63) is 22.7 Å². The summed E-state index contributed by atoms with van der Waals surface area (Å²) in [6, 6.07) is 5.64. The van der Waals surface area contributed by atoms with E-state index in [0.717, 1.165) is 35.2 Å². The standard InChI is InChI=1S/C15H20BrNO3/c1-2-3-7-20-12-4-5-13(16)14(9-12)17-15(18)11-6-8-19-10-11/h4-5,9,11H,2-3,6-8,10H2,1H3,(H,17,18). The molecular formula is C15H20BrNO3. The molecule has 0 radical (unpaired) electrons. The molecule has 1 atom stereocenters. The lowest BCUT2D eigenvalue weighted by Gasteiger charge is -2.13. The zero-order chi connectivity index (χ0) is 14.4. The molecule has 0 spiro atoms. The van der Waals surface area contributed by atoms with Gasteiger partial charge in [0.05, 0.1) is 24.8 Å². The summed E-state index contributed by atoms with van der Waals surface area (Å²) in [4.78, 5) is 12.1. The molecule has 20 heavy (non-hydrogen) atoms. The largest absolute Gasteiger partial charge is 0.494 e. The molecule has 0 aliphatic carbocycles. The molecule has 2 rings (SSSR count). The first-order chi connectivity index (χ1) is 9.70. The minimum absolute atomic E-state index is 0.00825. The van der Waals surface area contributed by atoms with Crippen molar-refractivity contribution in [1.29, 1.82) is 0 Å². The van der Waals surface area contributed by atoms with E-state index in [2.05, 4.69) is 28.2 Å². The van der Waals surface area contributed by atoms with Crippen molar-refractivity contribution in [2.75, 3.05) is 25.1 Å². The maximum Gasteiger partial charge on any atom is 0.229 e. The molecular weight excluding hydrogens is 322 g/mol. The fraction of sp³-hybridized carbons (Fsp3) is 0.533. The van der Waals surface area contributed by atoms with Gasteiger partial charge in [0.15, 0.2) is 0 Å². The fourth-order valence-electron chi connectivity index (χ4n) is 2.00. The Balaban J connectivity index is 1.98. The Morgan fingerprint density at radius 2 is 2.40 bits per heavy atom. The second-order valence-corrected chi connectivity index (χ2v) is 5.75. The van der Waals surface area contributed by atoms with Gasteiger partial charge in [-0.1, -0.05) is 13.3 Å². The van der Waals surface area contributed by atoms with Crippen molar-refractivity contribution in [3.8, 4) is 5.75 Å². The molecule has 1 saturated heterocycles. The number of carbonyl (C=O) groups is 1. The smallest absolute Gasteiger partial charge is 0.229 e. The van der Waals surface area contributed by atoms with Crippen LogP contribution in [0.5, 0.6) is 5.75 Å². The summed E-state index contributed by atoms with van der Waals surface area (Å²) in [5.74, 6) is 0.736. The number of carbonyl (C=O) groups excluding carboxylic acids is 1. The van der Waals surface area contributed by atoms with E-state index in [1.165, 1.54) is 0 Å². The lowest BCUT2D eigenvalue weighted by atomic mass is 10.1. The number of hydrogen-bond donors (Lipinski definition) is 1. The molecule has 0 bridgehead atoms. The number of rotatable bonds is 6. The summed E-state index contributed by atoms with van der Waals surface area (Å²) in [6.45, 7) is 4.00. The Bertz CT molecular complexity index is 458. The first-order valence-electron chi connectivity index (χ1n) is 7.01. The van der Waals surface area contributed by atoms with E-state index < -0.39 is 0 Å². The predicted molar refractivity (Wildman–Crippen MR) is 82.1 cm³/mol. The fourth-order valence-corrected chi connectivity index (χ4v) is 2.35. The van der Waals surface area contributed by atoms with Gasteiger partial charge in [-0.05, 0) is 40.9 Å². The van der Waals surface area contributed by atoms with Gasteiger partial charge in [-0.15, -0.1) is 0 Å². The van der Waals surface area contributed by atoms with Crippen molar-refractivity contribution in [1.82, 2.24) is 0 Å². The summed E-state index contributed by atoms with van der Waals surface area (Å²) in [6.07, 6.45) is 2.91. The summed E-state index contributed by atoms with van der Waals surface area (Å²) in [5, 5.41) is 2.94. The second-order valence-electron chi connectivity index (χ2n) is 4.89. The number of nitrogens with one attached hydrogen (secondary N) is 1. The van der Waals surface area contributed by atoms with Crippen LogP contribution in [0.1, 0.15) is 26.2 Å².